The van der Waals surface area contributed by atoms with Crippen LogP contribution in [0.25, 0.3) is 0 Å². The Bertz CT molecular complexity index is 868. The van der Waals surface area contributed by atoms with Crippen molar-refractivity contribution in [1.29, 1.82) is 0 Å². The highest BCUT2D eigenvalue weighted by Crippen LogP contribution is 2.31. The molecule has 0 aliphatic carbocycles. The van der Waals surface area contributed by atoms with Crippen molar-refractivity contribution in [2.24, 2.45) is 0 Å². The Balaban J connectivity index is 1.87. The van der Waals surface area contributed by atoms with Crippen LogP contribution >= 0.6 is 11.3 Å². The molecular weight excluding hydrogens is 332 g/mol. The summed E-state index contributed by atoms with van der Waals surface area (Å²) in [6.07, 6.45) is 3.37. The van der Waals surface area contributed by atoms with E-state index in [9.17, 15) is 19.5 Å². The van der Waals surface area contributed by atoms with Crippen LogP contribution in [0.5, 0.6) is 0 Å². The highest BCUT2D eigenvalue weighted by molar-refractivity contribution is 7.11. The molecule has 9 heteroatoms. The number of hydrogen-bond donors (Lipinski definition) is 2. The first kappa shape index (κ1) is 16.6. The van der Waals surface area contributed by atoms with E-state index in [1.165, 1.54) is 28.3 Å². The number of thiazole rings is 1. The number of rotatable bonds is 2. The summed E-state index contributed by atoms with van der Waals surface area (Å²) < 4.78 is 1.35. The molecule has 1 aliphatic rings. The van der Waals surface area contributed by atoms with Crippen LogP contribution in [-0.2, 0) is 0 Å². The van der Waals surface area contributed by atoms with Crippen molar-refractivity contribution >= 4 is 17.2 Å². The number of carbonyl (C=O) groups is 1. The summed E-state index contributed by atoms with van der Waals surface area (Å²) in [5.74, 6) is -0.179. The molecule has 0 unspecified atom stereocenters. The molecule has 0 aromatic carbocycles. The van der Waals surface area contributed by atoms with E-state index in [0.717, 1.165) is 0 Å². The van der Waals surface area contributed by atoms with Crippen LogP contribution < -0.4 is 11.2 Å². The van der Waals surface area contributed by atoms with E-state index in [-0.39, 0.29) is 12.5 Å². The smallest absolute Gasteiger partial charge is 0.328 e. The van der Waals surface area contributed by atoms with Crippen LogP contribution in [0.3, 0.4) is 0 Å². The van der Waals surface area contributed by atoms with Crippen LogP contribution in [0.4, 0.5) is 0 Å². The summed E-state index contributed by atoms with van der Waals surface area (Å²) in [5.41, 5.74) is -0.311. The van der Waals surface area contributed by atoms with Gasteiger partial charge in [0.1, 0.15) is 10.5 Å². The lowest BCUT2D eigenvalue weighted by atomic mass is 9.88. The maximum absolute atomic E-state index is 12.4. The molecule has 0 bridgehead atoms. The monoisotopic (exact) mass is 350 g/mol. The molecule has 1 aliphatic heterocycles. The fraction of sp³-hybridized carbons (Fsp3) is 0.467. The second-order valence-corrected chi connectivity index (χ2v) is 7.12. The first-order valence-corrected chi connectivity index (χ1v) is 8.40. The zero-order valence-corrected chi connectivity index (χ0v) is 14.2. The minimum Gasteiger partial charge on any atom is -0.386 e. The summed E-state index contributed by atoms with van der Waals surface area (Å²) in [6, 6.07) is -0.522. The number of aromatic amines is 1. The molecule has 2 aromatic rings. The number of hydrogen-bond acceptors (Lipinski definition) is 6. The number of H-pyrrole nitrogens is 1. The van der Waals surface area contributed by atoms with E-state index in [1.54, 1.807) is 24.3 Å². The maximum Gasteiger partial charge on any atom is 0.328 e. The molecule has 3 heterocycles. The highest BCUT2D eigenvalue weighted by atomic mass is 32.1. The Labute approximate surface area is 141 Å². The third kappa shape index (κ3) is 2.92. The number of aliphatic hydroxyl groups is 1. The van der Waals surface area contributed by atoms with Gasteiger partial charge in [-0.2, -0.15) is 0 Å². The highest BCUT2D eigenvalue weighted by Gasteiger charge is 2.41. The van der Waals surface area contributed by atoms with Gasteiger partial charge in [-0.05, 0) is 20.3 Å². The van der Waals surface area contributed by atoms with Gasteiger partial charge in [-0.3, -0.25) is 24.1 Å². The largest absolute Gasteiger partial charge is 0.386 e. The molecule has 3 rings (SSSR count). The SMILES string of the molecule is Cc1cn([C@H]2CCN(C(=O)c3cncs3)C[C@]2(C)O)c(=O)[nH]c1=O. The van der Waals surface area contributed by atoms with Gasteiger partial charge in [0, 0.05) is 18.3 Å². The zero-order valence-electron chi connectivity index (χ0n) is 13.4. The Morgan fingerprint density at radius 3 is 2.88 bits per heavy atom. The van der Waals surface area contributed by atoms with Gasteiger partial charge < -0.3 is 10.0 Å². The number of aryl methyl sites for hydroxylation is 1. The number of likely N-dealkylation sites (tertiary alicyclic amines) is 1. The normalized spacial score (nSPS) is 24.1. The predicted octanol–water partition coefficient (Wildman–Crippen LogP) is 0.140. The number of amides is 1. The third-order valence-corrected chi connectivity index (χ3v) is 5.07. The summed E-state index contributed by atoms with van der Waals surface area (Å²) >= 11 is 1.25. The fourth-order valence-corrected chi connectivity index (χ4v) is 3.65. The van der Waals surface area contributed by atoms with Crippen LogP contribution in [0, 0.1) is 6.92 Å². The summed E-state index contributed by atoms with van der Waals surface area (Å²) in [7, 11) is 0. The molecule has 2 aromatic heterocycles. The second-order valence-electron chi connectivity index (χ2n) is 6.23. The molecule has 1 amide bonds. The Kier molecular flexibility index (Phi) is 4.14. The molecule has 2 N–H and O–H groups in total. The van der Waals surface area contributed by atoms with Gasteiger partial charge in [0.15, 0.2) is 0 Å². The first-order valence-electron chi connectivity index (χ1n) is 7.52. The van der Waals surface area contributed by atoms with Crippen molar-refractivity contribution < 1.29 is 9.90 Å². The van der Waals surface area contributed by atoms with Crippen molar-refractivity contribution in [3.05, 3.63) is 49.2 Å². The summed E-state index contributed by atoms with van der Waals surface area (Å²) in [5, 5.41) is 10.8. The molecule has 1 fully saturated rings. The predicted molar refractivity (Wildman–Crippen MR) is 88.4 cm³/mol. The van der Waals surface area contributed by atoms with E-state index < -0.39 is 22.9 Å². The van der Waals surface area contributed by atoms with Crippen molar-refractivity contribution in [3.63, 3.8) is 0 Å². The molecule has 1 saturated heterocycles. The van der Waals surface area contributed by atoms with Gasteiger partial charge in [0.05, 0.1) is 24.3 Å². The number of aromatic nitrogens is 3. The summed E-state index contributed by atoms with van der Waals surface area (Å²) in [6.45, 7) is 3.70. The number of β-amino-alcohol motifs (C(OH)–C–C–N with tert-alkyl or cyclic N) is 1. The van der Waals surface area contributed by atoms with E-state index in [4.69, 9.17) is 0 Å². The zero-order chi connectivity index (χ0) is 17.5. The minimum absolute atomic E-state index is 0.0962. The van der Waals surface area contributed by atoms with Crippen LogP contribution in [0.2, 0.25) is 0 Å². The number of carbonyl (C=O) groups excluding carboxylic acids is 1. The lowest BCUT2D eigenvalue weighted by Crippen LogP contribution is -2.56. The molecule has 0 radical (unpaired) electrons. The second kappa shape index (κ2) is 5.99. The van der Waals surface area contributed by atoms with Crippen LogP contribution in [0.15, 0.2) is 27.5 Å². The quantitative estimate of drug-likeness (QED) is 0.801. The number of piperidine rings is 1. The van der Waals surface area contributed by atoms with Gasteiger partial charge in [-0.1, -0.05) is 0 Å². The van der Waals surface area contributed by atoms with Crippen LogP contribution in [0.1, 0.15) is 34.6 Å². The molecule has 2 atom stereocenters. The van der Waals surface area contributed by atoms with Crippen molar-refractivity contribution in [1.82, 2.24) is 19.4 Å². The van der Waals surface area contributed by atoms with Gasteiger partial charge in [-0.25, -0.2) is 4.79 Å². The van der Waals surface area contributed by atoms with E-state index in [0.29, 0.717) is 23.4 Å². The Hall–Kier alpha value is -2.26. The van der Waals surface area contributed by atoms with Crippen LogP contribution in [-0.4, -0.2) is 49.1 Å². The Morgan fingerprint density at radius 1 is 1.50 bits per heavy atom. The fourth-order valence-electron chi connectivity index (χ4n) is 3.07. The van der Waals surface area contributed by atoms with Crippen molar-refractivity contribution in [2.45, 2.75) is 31.9 Å². The van der Waals surface area contributed by atoms with Crippen molar-refractivity contribution in [3.8, 4) is 0 Å². The number of nitrogens with zero attached hydrogens (tertiary/aromatic N) is 3. The lowest BCUT2D eigenvalue weighted by Gasteiger charge is -2.43. The molecule has 24 heavy (non-hydrogen) atoms. The number of nitrogens with one attached hydrogen (secondary N) is 1. The van der Waals surface area contributed by atoms with E-state index >= 15 is 0 Å². The van der Waals surface area contributed by atoms with E-state index in [1.807, 2.05) is 0 Å². The van der Waals surface area contributed by atoms with Gasteiger partial charge >= 0.3 is 5.69 Å². The minimum atomic E-state index is -1.30. The van der Waals surface area contributed by atoms with Crippen molar-refractivity contribution in [2.75, 3.05) is 13.1 Å². The van der Waals surface area contributed by atoms with E-state index in [2.05, 4.69) is 9.97 Å². The molecular formula is C15H18N4O4S. The average Bonchev–Trinajstić information content (AvgIpc) is 3.04. The average molecular weight is 350 g/mol. The van der Waals surface area contributed by atoms with Gasteiger partial charge in [0.2, 0.25) is 0 Å². The molecule has 0 saturated carbocycles. The lowest BCUT2D eigenvalue weighted by molar-refractivity contribution is -0.0503. The molecule has 0 spiro atoms. The standard InChI is InChI=1S/C15H18N4O4S/c1-9-6-19(14(22)17-12(9)20)11-3-4-18(7-15(11,2)23)13(21)10-5-16-8-24-10/h5-6,8,11,23H,3-4,7H2,1-2H3,(H,17,20,22)/t11-,15-/m0/s1. The van der Waals surface area contributed by atoms with Gasteiger partial charge in [-0.15, -0.1) is 11.3 Å². The maximum atomic E-state index is 12.4. The molecule has 8 nitrogen and oxygen atoms in total. The van der Waals surface area contributed by atoms with Gasteiger partial charge in [0.25, 0.3) is 11.5 Å². The Morgan fingerprint density at radius 2 is 2.25 bits per heavy atom. The molecule has 128 valence electrons. The third-order valence-electron chi connectivity index (χ3n) is 4.31. The summed E-state index contributed by atoms with van der Waals surface area (Å²) in [4.78, 5) is 44.3. The topological polar surface area (TPSA) is 108 Å². The first-order chi connectivity index (χ1) is 11.3.